The van der Waals surface area contributed by atoms with Crippen LogP contribution in [0, 0.1) is 0 Å². The van der Waals surface area contributed by atoms with Gasteiger partial charge in [0.25, 0.3) is 0 Å². The van der Waals surface area contributed by atoms with Crippen LogP contribution in [0.2, 0.25) is 0 Å². The highest BCUT2D eigenvalue weighted by Crippen LogP contribution is 2.32. The van der Waals surface area contributed by atoms with Crippen molar-refractivity contribution in [3.05, 3.63) is 70.8 Å². The summed E-state index contributed by atoms with van der Waals surface area (Å²) >= 11 is 0. The van der Waals surface area contributed by atoms with Gasteiger partial charge in [0, 0.05) is 12.0 Å². The van der Waals surface area contributed by atoms with Crippen molar-refractivity contribution in [3.63, 3.8) is 0 Å². The highest BCUT2D eigenvalue weighted by molar-refractivity contribution is 6.01. The SMILES string of the molecule is O=CC1c2ccccc2CC(=O)c2ccccc21. The van der Waals surface area contributed by atoms with Crippen LogP contribution in [0.25, 0.3) is 0 Å². The van der Waals surface area contributed by atoms with E-state index in [1.807, 2.05) is 42.5 Å². The lowest BCUT2D eigenvalue weighted by Gasteiger charge is -2.13. The number of Topliss-reactive ketones (excluding diaryl/α,β-unsaturated/α-hetero) is 1. The van der Waals surface area contributed by atoms with E-state index in [1.165, 1.54) is 0 Å². The molecule has 0 bridgehead atoms. The van der Waals surface area contributed by atoms with Crippen molar-refractivity contribution in [1.29, 1.82) is 0 Å². The van der Waals surface area contributed by atoms with Gasteiger partial charge in [0.05, 0.1) is 5.92 Å². The molecule has 0 radical (unpaired) electrons. The van der Waals surface area contributed by atoms with E-state index in [0.29, 0.717) is 12.0 Å². The van der Waals surface area contributed by atoms with Crippen molar-refractivity contribution in [2.45, 2.75) is 12.3 Å². The summed E-state index contributed by atoms with van der Waals surface area (Å²) < 4.78 is 0. The standard InChI is InChI=1S/C16H12O2/c17-10-15-12-6-2-1-5-11(12)9-16(18)14-8-4-3-7-13(14)15/h1-8,10,15H,9H2. The number of aldehydes is 1. The highest BCUT2D eigenvalue weighted by Gasteiger charge is 2.26. The molecule has 0 aliphatic heterocycles. The molecule has 0 spiro atoms. The Balaban J connectivity index is 2.30. The van der Waals surface area contributed by atoms with Gasteiger partial charge >= 0.3 is 0 Å². The van der Waals surface area contributed by atoms with E-state index in [4.69, 9.17) is 0 Å². The number of carbonyl (C=O) groups is 2. The monoisotopic (exact) mass is 236 g/mol. The minimum atomic E-state index is -0.330. The molecule has 1 aliphatic carbocycles. The first kappa shape index (κ1) is 10.9. The van der Waals surface area contributed by atoms with Gasteiger partial charge in [-0.1, -0.05) is 48.5 Å². The number of ketones is 1. The lowest BCUT2D eigenvalue weighted by molar-refractivity contribution is -0.108. The molecule has 88 valence electrons. The highest BCUT2D eigenvalue weighted by atomic mass is 16.1. The molecule has 2 aromatic carbocycles. The minimum absolute atomic E-state index is 0.0856. The third kappa shape index (κ3) is 1.58. The molecule has 0 saturated carbocycles. The van der Waals surface area contributed by atoms with Crippen LogP contribution in [-0.4, -0.2) is 12.1 Å². The molecule has 1 aliphatic rings. The molecule has 0 saturated heterocycles. The van der Waals surface area contributed by atoms with Crippen LogP contribution in [0.3, 0.4) is 0 Å². The van der Waals surface area contributed by atoms with E-state index < -0.39 is 0 Å². The predicted octanol–water partition coefficient (Wildman–Crippen LogP) is 2.76. The second-order valence-corrected chi connectivity index (χ2v) is 4.50. The number of rotatable bonds is 1. The van der Waals surface area contributed by atoms with Gasteiger partial charge in [-0.2, -0.15) is 0 Å². The predicted molar refractivity (Wildman–Crippen MR) is 68.8 cm³/mol. The van der Waals surface area contributed by atoms with Gasteiger partial charge in [0.1, 0.15) is 6.29 Å². The zero-order valence-electron chi connectivity index (χ0n) is 9.80. The molecule has 3 rings (SSSR count). The molecule has 0 aromatic heterocycles. The van der Waals surface area contributed by atoms with Crippen LogP contribution in [0.15, 0.2) is 48.5 Å². The van der Waals surface area contributed by atoms with Crippen LogP contribution >= 0.6 is 0 Å². The van der Waals surface area contributed by atoms with Gasteiger partial charge in [0.2, 0.25) is 0 Å². The van der Waals surface area contributed by atoms with Crippen LogP contribution < -0.4 is 0 Å². The maximum absolute atomic E-state index is 12.2. The fourth-order valence-electron chi connectivity index (χ4n) is 2.60. The summed E-state index contributed by atoms with van der Waals surface area (Å²) in [4.78, 5) is 23.6. The quantitative estimate of drug-likeness (QED) is 0.713. The molecule has 0 fully saturated rings. The first-order valence-electron chi connectivity index (χ1n) is 5.96. The van der Waals surface area contributed by atoms with Gasteiger partial charge in [-0.3, -0.25) is 4.79 Å². The fourth-order valence-corrected chi connectivity index (χ4v) is 2.60. The first-order valence-corrected chi connectivity index (χ1v) is 5.96. The van der Waals surface area contributed by atoms with Crippen molar-refractivity contribution in [1.82, 2.24) is 0 Å². The van der Waals surface area contributed by atoms with Gasteiger partial charge < -0.3 is 4.79 Å². The lowest BCUT2D eigenvalue weighted by Crippen LogP contribution is -2.06. The largest absolute Gasteiger partial charge is 0.302 e. The summed E-state index contributed by atoms with van der Waals surface area (Å²) in [6, 6.07) is 15.1. The topological polar surface area (TPSA) is 34.1 Å². The van der Waals surface area contributed by atoms with Crippen LogP contribution in [0.4, 0.5) is 0 Å². The molecule has 0 heterocycles. The van der Waals surface area contributed by atoms with E-state index in [1.54, 1.807) is 6.07 Å². The Labute approximate surface area is 105 Å². The Bertz CT molecular complexity index is 628. The Morgan fingerprint density at radius 2 is 1.61 bits per heavy atom. The second-order valence-electron chi connectivity index (χ2n) is 4.50. The molecule has 2 heteroatoms. The van der Waals surface area contributed by atoms with Gasteiger partial charge in [0.15, 0.2) is 5.78 Å². The molecule has 1 atom stereocenters. The number of hydrogen-bond donors (Lipinski definition) is 0. The third-order valence-corrected chi connectivity index (χ3v) is 3.47. The molecule has 0 amide bonds. The Hall–Kier alpha value is -2.22. The van der Waals surface area contributed by atoms with E-state index in [9.17, 15) is 9.59 Å². The van der Waals surface area contributed by atoms with Gasteiger partial charge in [-0.25, -0.2) is 0 Å². The zero-order chi connectivity index (χ0) is 12.5. The Morgan fingerprint density at radius 3 is 2.39 bits per heavy atom. The molecule has 0 N–H and O–H groups in total. The van der Waals surface area contributed by atoms with Crippen LogP contribution in [0.1, 0.15) is 33.0 Å². The average molecular weight is 236 g/mol. The molecule has 2 aromatic rings. The number of benzene rings is 2. The number of fused-ring (bicyclic) bond motifs is 2. The van der Waals surface area contributed by atoms with E-state index in [-0.39, 0.29) is 11.7 Å². The fraction of sp³-hybridized carbons (Fsp3) is 0.125. The summed E-state index contributed by atoms with van der Waals surface area (Å²) in [7, 11) is 0. The summed E-state index contributed by atoms with van der Waals surface area (Å²) in [5.74, 6) is -0.244. The van der Waals surface area contributed by atoms with Gasteiger partial charge in [-0.05, 0) is 16.7 Å². The summed E-state index contributed by atoms with van der Waals surface area (Å²) in [5, 5.41) is 0. The lowest BCUT2D eigenvalue weighted by atomic mass is 9.89. The maximum Gasteiger partial charge on any atom is 0.167 e. The molecular formula is C16H12O2. The van der Waals surface area contributed by atoms with Crippen LogP contribution in [-0.2, 0) is 11.2 Å². The van der Waals surface area contributed by atoms with Crippen molar-refractivity contribution in [2.24, 2.45) is 0 Å². The minimum Gasteiger partial charge on any atom is -0.302 e. The van der Waals surface area contributed by atoms with Crippen molar-refractivity contribution < 1.29 is 9.59 Å². The summed E-state index contributed by atoms with van der Waals surface area (Å²) in [6.45, 7) is 0. The van der Waals surface area contributed by atoms with Crippen molar-refractivity contribution >= 4 is 12.1 Å². The van der Waals surface area contributed by atoms with E-state index in [0.717, 1.165) is 23.0 Å². The van der Waals surface area contributed by atoms with Crippen molar-refractivity contribution in [3.8, 4) is 0 Å². The Morgan fingerprint density at radius 1 is 0.944 bits per heavy atom. The number of carbonyl (C=O) groups excluding carboxylic acids is 2. The Kier molecular flexibility index (Phi) is 2.56. The maximum atomic E-state index is 12.2. The second kappa shape index (κ2) is 4.22. The molecule has 1 unspecified atom stereocenters. The van der Waals surface area contributed by atoms with E-state index >= 15 is 0 Å². The molecule has 2 nitrogen and oxygen atoms in total. The first-order chi connectivity index (χ1) is 8.81. The zero-order valence-corrected chi connectivity index (χ0v) is 9.80. The summed E-state index contributed by atoms with van der Waals surface area (Å²) in [5.41, 5.74) is 3.40. The smallest absolute Gasteiger partial charge is 0.167 e. The molecular weight excluding hydrogens is 224 g/mol. The normalized spacial score (nSPS) is 17.6. The van der Waals surface area contributed by atoms with Crippen molar-refractivity contribution in [2.75, 3.05) is 0 Å². The summed E-state index contributed by atoms with van der Waals surface area (Å²) in [6.07, 6.45) is 1.30. The third-order valence-electron chi connectivity index (χ3n) is 3.47. The number of hydrogen-bond acceptors (Lipinski definition) is 2. The molecule has 18 heavy (non-hydrogen) atoms. The van der Waals surface area contributed by atoms with Gasteiger partial charge in [-0.15, -0.1) is 0 Å². The average Bonchev–Trinajstić information content (AvgIpc) is 2.53. The van der Waals surface area contributed by atoms with E-state index in [2.05, 4.69) is 0 Å². The van der Waals surface area contributed by atoms with Crippen LogP contribution in [0.5, 0.6) is 0 Å².